The van der Waals surface area contributed by atoms with Gasteiger partial charge >= 0.3 is 5.97 Å². The number of hydrogen-bond acceptors (Lipinski definition) is 5. The average Bonchev–Trinajstić information content (AvgIpc) is 2.13. The largest absolute Gasteiger partial charge is 0.463 e. The molecule has 0 aromatic heterocycles. The quantitative estimate of drug-likeness (QED) is 0.360. The van der Waals surface area contributed by atoms with Gasteiger partial charge in [-0.3, -0.25) is 0 Å². The van der Waals surface area contributed by atoms with E-state index in [0.717, 1.165) is 0 Å². The smallest absolute Gasteiger partial charge is 0.332 e. The lowest BCUT2D eigenvalue weighted by atomic mass is 10.4. The zero-order valence-electron chi connectivity index (χ0n) is 8.62. The standard InChI is InChI=1S/C9H17NO4/c1-3-14-9(11)6-8(10)7-13-5-4-12-2/h6H,3-5,7,10H2,1-2H3/b8-6-. The number of nitrogens with two attached hydrogens (primary N) is 1. The molecule has 0 saturated heterocycles. The molecule has 0 amide bonds. The van der Waals surface area contributed by atoms with E-state index < -0.39 is 5.97 Å². The molecule has 0 spiro atoms. The molecule has 0 fully saturated rings. The molecule has 0 aromatic carbocycles. The highest BCUT2D eigenvalue weighted by molar-refractivity contribution is 5.82. The Balaban J connectivity index is 3.60. The van der Waals surface area contributed by atoms with Crippen LogP contribution in [0.5, 0.6) is 0 Å². The number of ether oxygens (including phenoxy) is 3. The predicted octanol–water partition coefficient (Wildman–Crippen LogP) is 0.0551. The molecule has 0 aliphatic rings. The van der Waals surface area contributed by atoms with Gasteiger partial charge in [-0.2, -0.15) is 0 Å². The Morgan fingerprint density at radius 3 is 2.71 bits per heavy atom. The second-order valence-electron chi connectivity index (χ2n) is 2.52. The Morgan fingerprint density at radius 2 is 2.14 bits per heavy atom. The third-order valence-corrected chi connectivity index (χ3v) is 1.29. The van der Waals surface area contributed by atoms with E-state index in [0.29, 0.717) is 25.5 Å². The summed E-state index contributed by atoms with van der Waals surface area (Å²) in [5.41, 5.74) is 5.83. The van der Waals surface area contributed by atoms with Crippen LogP contribution < -0.4 is 5.73 Å². The molecule has 14 heavy (non-hydrogen) atoms. The van der Waals surface area contributed by atoms with Gasteiger partial charge in [-0.1, -0.05) is 0 Å². The molecule has 0 aliphatic carbocycles. The van der Waals surface area contributed by atoms with Gasteiger partial charge < -0.3 is 19.9 Å². The van der Waals surface area contributed by atoms with Gasteiger partial charge in [0.15, 0.2) is 0 Å². The maximum Gasteiger partial charge on any atom is 0.332 e. The highest BCUT2D eigenvalue weighted by Crippen LogP contribution is 1.89. The predicted molar refractivity (Wildman–Crippen MR) is 51.6 cm³/mol. The van der Waals surface area contributed by atoms with Crippen LogP contribution in [0.2, 0.25) is 0 Å². The van der Waals surface area contributed by atoms with Gasteiger partial charge in [0.05, 0.1) is 26.4 Å². The first kappa shape index (κ1) is 12.9. The van der Waals surface area contributed by atoms with Crippen LogP contribution in [0.3, 0.4) is 0 Å². The van der Waals surface area contributed by atoms with E-state index in [4.69, 9.17) is 15.2 Å². The molecule has 5 heteroatoms. The fourth-order valence-corrected chi connectivity index (χ4v) is 0.709. The van der Waals surface area contributed by atoms with Crippen LogP contribution in [0.15, 0.2) is 11.8 Å². The summed E-state index contributed by atoms with van der Waals surface area (Å²) in [4.78, 5) is 10.9. The van der Waals surface area contributed by atoms with E-state index in [1.54, 1.807) is 14.0 Å². The molecule has 0 radical (unpaired) electrons. The topological polar surface area (TPSA) is 70.8 Å². The monoisotopic (exact) mass is 203 g/mol. The Kier molecular flexibility index (Phi) is 7.87. The van der Waals surface area contributed by atoms with E-state index in [2.05, 4.69) is 4.74 Å². The highest BCUT2D eigenvalue weighted by Gasteiger charge is 1.98. The van der Waals surface area contributed by atoms with Crippen LogP contribution in [0.1, 0.15) is 6.92 Å². The van der Waals surface area contributed by atoms with Gasteiger partial charge in [0, 0.05) is 18.9 Å². The van der Waals surface area contributed by atoms with Crippen molar-refractivity contribution in [3.8, 4) is 0 Å². The van der Waals surface area contributed by atoms with Gasteiger partial charge in [-0.05, 0) is 6.92 Å². The van der Waals surface area contributed by atoms with Crippen LogP contribution in [0.25, 0.3) is 0 Å². The fraction of sp³-hybridized carbons (Fsp3) is 0.667. The van der Waals surface area contributed by atoms with Crippen molar-refractivity contribution in [1.82, 2.24) is 0 Å². The minimum absolute atomic E-state index is 0.210. The van der Waals surface area contributed by atoms with Gasteiger partial charge in [-0.25, -0.2) is 4.79 Å². The molecule has 0 unspecified atom stereocenters. The summed E-state index contributed by atoms with van der Waals surface area (Å²) in [6.07, 6.45) is 1.22. The summed E-state index contributed by atoms with van der Waals surface area (Å²) in [5.74, 6) is -0.444. The highest BCUT2D eigenvalue weighted by atomic mass is 16.5. The van der Waals surface area contributed by atoms with Crippen LogP contribution in [0, 0.1) is 0 Å². The fourth-order valence-electron chi connectivity index (χ4n) is 0.709. The van der Waals surface area contributed by atoms with Crippen molar-refractivity contribution in [3.63, 3.8) is 0 Å². The maximum atomic E-state index is 10.9. The van der Waals surface area contributed by atoms with Crippen molar-refractivity contribution in [3.05, 3.63) is 11.8 Å². The number of carbonyl (C=O) groups is 1. The van der Waals surface area contributed by atoms with E-state index in [9.17, 15) is 4.79 Å². The molecule has 0 heterocycles. The van der Waals surface area contributed by atoms with E-state index in [1.807, 2.05) is 0 Å². The Labute approximate surface area is 83.8 Å². The van der Waals surface area contributed by atoms with Crippen molar-refractivity contribution in [2.24, 2.45) is 5.73 Å². The van der Waals surface area contributed by atoms with Crippen molar-refractivity contribution in [2.45, 2.75) is 6.92 Å². The summed E-state index contributed by atoms with van der Waals surface area (Å²) in [6.45, 7) is 3.24. The Hall–Kier alpha value is -1.07. The zero-order valence-corrected chi connectivity index (χ0v) is 8.62. The number of methoxy groups -OCH3 is 1. The molecule has 0 aromatic rings. The Morgan fingerprint density at radius 1 is 1.43 bits per heavy atom. The number of rotatable bonds is 7. The van der Waals surface area contributed by atoms with Gasteiger partial charge in [0.25, 0.3) is 0 Å². The van der Waals surface area contributed by atoms with Crippen LogP contribution in [0.4, 0.5) is 0 Å². The molecule has 2 N–H and O–H groups in total. The van der Waals surface area contributed by atoms with E-state index >= 15 is 0 Å². The second-order valence-corrected chi connectivity index (χ2v) is 2.52. The molecule has 82 valence electrons. The summed E-state index contributed by atoms with van der Waals surface area (Å²) >= 11 is 0. The van der Waals surface area contributed by atoms with Crippen molar-refractivity contribution < 1.29 is 19.0 Å². The lowest BCUT2D eigenvalue weighted by Gasteiger charge is -2.03. The minimum atomic E-state index is -0.444. The van der Waals surface area contributed by atoms with Crippen LogP contribution in [-0.2, 0) is 19.0 Å². The van der Waals surface area contributed by atoms with Gasteiger partial charge in [0.2, 0.25) is 0 Å². The van der Waals surface area contributed by atoms with E-state index in [1.165, 1.54) is 6.08 Å². The van der Waals surface area contributed by atoms with Crippen molar-refractivity contribution in [1.29, 1.82) is 0 Å². The number of hydrogen-bond donors (Lipinski definition) is 1. The third kappa shape index (κ3) is 7.57. The number of carbonyl (C=O) groups excluding carboxylic acids is 1. The summed E-state index contributed by atoms with van der Waals surface area (Å²) in [5, 5.41) is 0. The molecule has 0 bridgehead atoms. The SMILES string of the molecule is CCOC(=O)/C=C(\N)COCCOC. The molecule has 0 aliphatic heterocycles. The first-order valence-corrected chi connectivity index (χ1v) is 4.40. The molecule has 0 atom stereocenters. The third-order valence-electron chi connectivity index (χ3n) is 1.29. The lowest BCUT2D eigenvalue weighted by molar-refractivity contribution is -0.137. The minimum Gasteiger partial charge on any atom is -0.463 e. The van der Waals surface area contributed by atoms with E-state index in [-0.39, 0.29) is 6.61 Å². The Bertz CT molecular complexity index is 191. The summed E-state index contributed by atoms with van der Waals surface area (Å²) in [7, 11) is 1.58. The second kappa shape index (κ2) is 8.52. The number of esters is 1. The lowest BCUT2D eigenvalue weighted by Crippen LogP contribution is -2.12. The van der Waals surface area contributed by atoms with Crippen molar-refractivity contribution in [2.75, 3.05) is 33.5 Å². The maximum absolute atomic E-state index is 10.9. The van der Waals surface area contributed by atoms with Crippen LogP contribution in [-0.4, -0.2) is 39.5 Å². The molecule has 0 saturated carbocycles. The molecular weight excluding hydrogens is 186 g/mol. The summed E-state index contributed by atoms with van der Waals surface area (Å²) < 4.78 is 14.5. The molecule has 5 nitrogen and oxygen atoms in total. The first-order chi connectivity index (χ1) is 6.70. The van der Waals surface area contributed by atoms with Crippen molar-refractivity contribution >= 4 is 5.97 Å². The zero-order chi connectivity index (χ0) is 10.8. The van der Waals surface area contributed by atoms with Gasteiger partial charge in [-0.15, -0.1) is 0 Å². The molecular formula is C9H17NO4. The summed E-state index contributed by atoms with van der Waals surface area (Å²) in [6, 6.07) is 0. The van der Waals surface area contributed by atoms with Crippen LogP contribution >= 0.6 is 0 Å². The molecule has 0 rings (SSSR count). The first-order valence-electron chi connectivity index (χ1n) is 4.40. The average molecular weight is 203 g/mol. The van der Waals surface area contributed by atoms with Gasteiger partial charge in [0.1, 0.15) is 0 Å². The normalized spacial score (nSPS) is 11.4.